The number of nitrogens with zero attached hydrogens (tertiary/aromatic N) is 3. The van der Waals surface area contributed by atoms with Crippen LogP contribution >= 0.6 is 11.5 Å². The van der Waals surface area contributed by atoms with Crippen LogP contribution in [0.1, 0.15) is 5.56 Å². The van der Waals surface area contributed by atoms with Gasteiger partial charge in [-0.3, -0.25) is 0 Å². The summed E-state index contributed by atoms with van der Waals surface area (Å²) in [7, 11) is 0. The first kappa shape index (κ1) is 10.2. The van der Waals surface area contributed by atoms with E-state index in [-0.39, 0.29) is 0 Å². The summed E-state index contributed by atoms with van der Waals surface area (Å²) in [5.41, 5.74) is 8.47. The van der Waals surface area contributed by atoms with Crippen molar-refractivity contribution in [2.75, 3.05) is 5.73 Å². The van der Waals surface area contributed by atoms with Gasteiger partial charge in [-0.1, -0.05) is 18.2 Å². The summed E-state index contributed by atoms with van der Waals surface area (Å²) in [5, 5.41) is 1.58. The molecule has 0 bridgehead atoms. The van der Waals surface area contributed by atoms with Crippen LogP contribution in [0.5, 0.6) is 0 Å². The minimum absolute atomic E-state index is 0.464. The van der Waals surface area contributed by atoms with Crippen molar-refractivity contribution in [1.82, 2.24) is 14.3 Å². The van der Waals surface area contributed by atoms with Gasteiger partial charge in [0.15, 0.2) is 11.0 Å². The molecule has 0 radical (unpaired) electrons. The van der Waals surface area contributed by atoms with Gasteiger partial charge in [-0.05, 0) is 24.6 Å². The van der Waals surface area contributed by atoms with E-state index in [9.17, 15) is 0 Å². The zero-order chi connectivity index (χ0) is 11.8. The summed E-state index contributed by atoms with van der Waals surface area (Å²) < 4.78 is 4.16. The third-order valence-electron chi connectivity index (χ3n) is 2.52. The fraction of sp³-hybridized carbons (Fsp3) is 0.0833. The van der Waals surface area contributed by atoms with Crippen LogP contribution in [0.2, 0.25) is 0 Å². The Balaban J connectivity index is 2.18. The molecule has 0 spiro atoms. The van der Waals surface area contributed by atoms with E-state index in [2.05, 4.69) is 32.5 Å². The molecule has 1 aromatic carbocycles. The van der Waals surface area contributed by atoms with Gasteiger partial charge in [-0.15, -0.1) is 0 Å². The molecule has 0 unspecified atom stereocenters. The van der Waals surface area contributed by atoms with Gasteiger partial charge in [0, 0.05) is 16.9 Å². The Morgan fingerprint density at radius 2 is 1.94 bits per heavy atom. The van der Waals surface area contributed by atoms with E-state index in [1.165, 1.54) is 17.1 Å². The van der Waals surface area contributed by atoms with Crippen molar-refractivity contribution in [3.63, 3.8) is 0 Å². The molecule has 5 heteroatoms. The summed E-state index contributed by atoms with van der Waals surface area (Å²) in [6.45, 7) is 2.05. The number of aryl methyl sites for hydroxylation is 1. The number of pyridine rings is 1. The van der Waals surface area contributed by atoms with Gasteiger partial charge in [0.1, 0.15) is 5.69 Å². The number of fused-ring (bicyclic) bond motifs is 1. The lowest BCUT2D eigenvalue weighted by molar-refractivity contribution is 1.26. The van der Waals surface area contributed by atoms with Crippen LogP contribution in [-0.2, 0) is 0 Å². The molecule has 2 N–H and O–H groups in total. The predicted molar refractivity (Wildman–Crippen MR) is 69.8 cm³/mol. The van der Waals surface area contributed by atoms with Gasteiger partial charge in [-0.25, -0.2) is 4.98 Å². The highest BCUT2D eigenvalue weighted by molar-refractivity contribution is 7.09. The van der Waals surface area contributed by atoms with E-state index in [1.54, 1.807) is 0 Å². The average molecular weight is 242 g/mol. The second-order valence-electron chi connectivity index (χ2n) is 3.85. The molecule has 0 atom stereocenters. The zero-order valence-electron chi connectivity index (χ0n) is 9.21. The van der Waals surface area contributed by atoms with Crippen LogP contribution < -0.4 is 5.73 Å². The summed E-state index contributed by atoms with van der Waals surface area (Å²) >= 11 is 1.18. The van der Waals surface area contributed by atoms with Crippen LogP contribution in [0.25, 0.3) is 22.4 Å². The van der Waals surface area contributed by atoms with Gasteiger partial charge >= 0.3 is 0 Å². The monoisotopic (exact) mass is 242 g/mol. The Labute approximate surface area is 102 Å². The van der Waals surface area contributed by atoms with Crippen molar-refractivity contribution in [3.8, 4) is 11.5 Å². The normalized spacial score (nSPS) is 10.9. The lowest BCUT2D eigenvalue weighted by Gasteiger charge is -2.00. The van der Waals surface area contributed by atoms with E-state index >= 15 is 0 Å². The van der Waals surface area contributed by atoms with E-state index < -0.39 is 0 Å². The third-order valence-corrected chi connectivity index (χ3v) is 3.06. The fourth-order valence-corrected chi connectivity index (χ4v) is 2.13. The maximum absolute atomic E-state index is 5.57. The van der Waals surface area contributed by atoms with Crippen molar-refractivity contribution in [1.29, 1.82) is 0 Å². The highest BCUT2D eigenvalue weighted by Crippen LogP contribution is 2.21. The topological polar surface area (TPSA) is 64.7 Å². The summed E-state index contributed by atoms with van der Waals surface area (Å²) in [5.74, 6) is 0.593. The lowest BCUT2D eigenvalue weighted by Crippen LogP contribution is -1.88. The van der Waals surface area contributed by atoms with Crippen LogP contribution in [-0.4, -0.2) is 14.3 Å². The molecule has 2 aromatic heterocycles. The van der Waals surface area contributed by atoms with E-state index in [4.69, 9.17) is 5.73 Å². The Kier molecular flexibility index (Phi) is 2.26. The molecule has 3 rings (SSSR count). The minimum Gasteiger partial charge on any atom is -0.374 e. The zero-order valence-corrected chi connectivity index (χ0v) is 10.0. The standard InChI is InChI=1S/C12H10N4S/c1-7-2-3-8-4-5-9(14-10(8)6-7)11-15-12(13)17-16-11/h2-6H,1H3,(H2,13,15,16). The molecule has 0 amide bonds. The largest absolute Gasteiger partial charge is 0.374 e. The third kappa shape index (κ3) is 1.85. The summed E-state index contributed by atoms with van der Waals surface area (Å²) in [6.07, 6.45) is 0. The first-order valence-corrected chi connectivity index (χ1v) is 5.97. The minimum atomic E-state index is 0.464. The summed E-state index contributed by atoms with van der Waals surface area (Å²) in [4.78, 5) is 8.68. The number of nitrogen functional groups attached to an aromatic ring is 1. The van der Waals surface area contributed by atoms with Gasteiger partial charge in [0.05, 0.1) is 5.52 Å². The van der Waals surface area contributed by atoms with Gasteiger partial charge < -0.3 is 5.73 Å². The van der Waals surface area contributed by atoms with Gasteiger partial charge in [0.25, 0.3) is 0 Å². The molecular formula is C12H10N4S. The van der Waals surface area contributed by atoms with Crippen molar-refractivity contribution < 1.29 is 0 Å². The molecule has 0 fully saturated rings. The maximum atomic E-state index is 5.57. The quantitative estimate of drug-likeness (QED) is 0.712. The Bertz CT molecular complexity index is 690. The van der Waals surface area contributed by atoms with Crippen LogP contribution in [0, 0.1) is 6.92 Å². The van der Waals surface area contributed by atoms with E-state index in [0.29, 0.717) is 11.0 Å². The second-order valence-corrected chi connectivity index (χ2v) is 4.63. The molecule has 0 aliphatic rings. The smallest absolute Gasteiger partial charge is 0.200 e. The molecule has 0 saturated heterocycles. The molecule has 4 nitrogen and oxygen atoms in total. The molecule has 3 aromatic rings. The number of anilines is 1. The molecule has 0 saturated carbocycles. The van der Waals surface area contributed by atoms with Crippen LogP contribution in [0.15, 0.2) is 30.3 Å². The highest BCUT2D eigenvalue weighted by atomic mass is 32.1. The molecule has 84 valence electrons. The fourth-order valence-electron chi connectivity index (χ4n) is 1.69. The molecule has 2 heterocycles. The van der Waals surface area contributed by atoms with E-state index in [1.807, 2.05) is 19.1 Å². The second kappa shape index (κ2) is 3.78. The van der Waals surface area contributed by atoms with Crippen LogP contribution in [0.3, 0.4) is 0 Å². The first-order valence-electron chi connectivity index (χ1n) is 5.19. The number of rotatable bonds is 1. The van der Waals surface area contributed by atoms with Gasteiger partial charge in [0.2, 0.25) is 0 Å². The number of aromatic nitrogens is 3. The van der Waals surface area contributed by atoms with Crippen molar-refractivity contribution in [3.05, 3.63) is 35.9 Å². The number of benzene rings is 1. The van der Waals surface area contributed by atoms with Crippen LogP contribution in [0.4, 0.5) is 5.13 Å². The number of hydrogen-bond donors (Lipinski definition) is 1. The molecule has 0 aliphatic carbocycles. The molecule has 17 heavy (non-hydrogen) atoms. The number of nitrogens with two attached hydrogens (primary N) is 1. The van der Waals surface area contributed by atoms with Crippen molar-refractivity contribution in [2.24, 2.45) is 0 Å². The maximum Gasteiger partial charge on any atom is 0.200 e. The van der Waals surface area contributed by atoms with Gasteiger partial charge in [-0.2, -0.15) is 9.36 Å². The van der Waals surface area contributed by atoms with Crippen molar-refractivity contribution >= 4 is 27.6 Å². The number of hydrogen-bond acceptors (Lipinski definition) is 5. The molecular weight excluding hydrogens is 232 g/mol. The molecule has 0 aliphatic heterocycles. The Hall–Kier alpha value is -2.01. The van der Waals surface area contributed by atoms with Crippen molar-refractivity contribution in [2.45, 2.75) is 6.92 Å². The lowest BCUT2D eigenvalue weighted by atomic mass is 10.1. The Morgan fingerprint density at radius 3 is 2.71 bits per heavy atom. The van der Waals surface area contributed by atoms with E-state index in [0.717, 1.165) is 16.6 Å². The highest BCUT2D eigenvalue weighted by Gasteiger charge is 2.06. The SMILES string of the molecule is Cc1ccc2ccc(-c3nsc(N)n3)nc2c1. The predicted octanol–water partition coefficient (Wildman–Crippen LogP) is 2.64. The first-order chi connectivity index (χ1) is 8.22. The average Bonchev–Trinajstić information content (AvgIpc) is 2.75. The Morgan fingerprint density at radius 1 is 1.12 bits per heavy atom. The summed E-state index contributed by atoms with van der Waals surface area (Å²) in [6, 6.07) is 10.1.